The molecule has 26 heavy (non-hydrogen) atoms. The van der Waals surface area contributed by atoms with Crippen LogP contribution in [0.4, 0.5) is 0 Å². The average molecular weight is 380 g/mol. The van der Waals surface area contributed by atoms with Gasteiger partial charge in [-0.25, -0.2) is 4.99 Å². The van der Waals surface area contributed by atoms with Gasteiger partial charge >= 0.3 is 0 Å². The number of rotatable bonds is 4. The first kappa shape index (κ1) is 19.7. The van der Waals surface area contributed by atoms with E-state index in [0.29, 0.717) is 0 Å². The van der Waals surface area contributed by atoms with Crippen molar-refractivity contribution in [1.29, 1.82) is 0 Å². The minimum Gasteiger partial charge on any atom is -0.457 e. The maximum absolute atomic E-state index is 10.3. The maximum atomic E-state index is 10.3. The molecule has 2 saturated heterocycles. The van der Waals surface area contributed by atoms with Gasteiger partial charge in [0.25, 0.3) is 6.02 Å². The first-order valence-corrected chi connectivity index (χ1v) is 8.14. The summed E-state index contributed by atoms with van der Waals surface area (Å²) in [5.41, 5.74) is -2.01. The number of hydrogen-bond acceptors (Lipinski definition) is 11. The summed E-state index contributed by atoms with van der Waals surface area (Å²) in [5, 5.41) is 71.7. The van der Waals surface area contributed by atoms with E-state index < -0.39 is 67.3 Å². The van der Waals surface area contributed by atoms with E-state index in [2.05, 4.69) is 10.3 Å². The fraction of sp³-hybridized carbons (Fsp3) is 0.929. The van der Waals surface area contributed by atoms with Crippen LogP contribution in [0.5, 0.6) is 0 Å². The lowest BCUT2D eigenvalue weighted by atomic mass is 9.96. The zero-order valence-corrected chi connectivity index (χ0v) is 13.9. The third-order valence-corrected chi connectivity index (χ3v) is 5.13. The number of nitrogens with one attached hydrogen (secondary N) is 1. The topological polar surface area (TPSA) is 194 Å². The lowest BCUT2D eigenvalue weighted by Gasteiger charge is -2.39. The van der Waals surface area contributed by atoms with Crippen LogP contribution in [0.1, 0.15) is 0 Å². The summed E-state index contributed by atoms with van der Waals surface area (Å²) in [5.74, 6) is 0. The largest absolute Gasteiger partial charge is 0.457 e. The Hall–Kier alpha value is -1.09. The van der Waals surface area contributed by atoms with Crippen LogP contribution >= 0.6 is 0 Å². The van der Waals surface area contributed by atoms with Gasteiger partial charge in [0.1, 0.15) is 48.3 Å². The van der Waals surface area contributed by atoms with E-state index in [4.69, 9.17) is 14.2 Å². The highest BCUT2D eigenvalue weighted by Crippen LogP contribution is 2.36. The number of fused-ring (bicyclic) bond motifs is 1. The van der Waals surface area contributed by atoms with Crippen LogP contribution in [0.25, 0.3) is 0 Å². The van der Waals surface area contributed by atoms with E-state index in [1.807, 2.05) is 0 Å². The predicted molar refractivity (Wildman–Crippen MR) is 81.8 cm³/mol. The summed E-state index contributed by atoms with van der Waals surface area (Å²) < 4.78 is 15.6. The molecule has 3 rings (SSSR count). The number of hydrogen-bond donors (Lipinski definition) is 8. The zero-order valence-electron chi connectivity index (χ0n) is 13.9. The third kappa shape index (κ3) is 2.96. The standard InChI is InChI=1S/C14H24N2O10/c1-24-12-7(20)6(19)5(18)4(25-12)2-15-13-16-10-9(26-13)8(21)11(22)14(10,23)3-17/h4-12,17-23H,2-3H2,1H3,(H,15,16)/t4-,5-,6+,7-,8-,9-,10+,11+,12+,14+/m1/s1. The van der Waals surface area contributed by atoms with Crippen LogP contribution in [-0.2, 0) is 14.2 Å². The van der Waals surface area contributed by atoms with E-state index in [0.717, 1.165) is 0 Å². The molecule has 1 saturated carbocycles. The molecule has 2 heterocycles. The lowest BCUT2D eigenvalue weighted by Crippen LogP contribution is -2.59. The van der Waals surface area contributed by atoms with Crippen molar-refractivity contribution in [2.24, 2.45) is 4.99 Å². The molecule has 1 aliphatic carbocycles. The van der Waals surface area contributed by atoms with Crippen LogP contribution in [0.15, 0.2) is 4.99 Å². The molecule has 0 radical (unpaired) electrons. The number of aliphatic hydroxyl groups excluding tert-OH is 6. The number of amidine groups is 1. The fourth-order valence-electron chi connectivity index (χ4n) is 3.49. The molecule has 3 aliphatic rings. The Morgan fingerprint density at radius 3 is 2.42 bits per heavy atom. The second-order valence-corrected chi connectivity index (χ2v) is 6.69. The molecule has 12 heteroatoms. The van der Waals surface area contributed by atoms with Gasteiger partial charge in [-0.15, -0.1) is 0 Å². The number of aliphatic imine (C=N–C) groups is 1. The Morgan fingerprint density at radius 2 is 1.81 bits per heavy atom. The fourth-order valence-corrected chi connectivity index (χ4v) is 3.49. The Bertz CT molecular complexity index is 548. The van der Waals surface area contributed by atoms with Crippen LogP contribution < -0.4 is 5.32 Å². The van der Waals surface area contributed by atoms with Crippen molar-refractivity contribution in [3.63, 3.8) is 0 Å². The van der Waals surface area contributed by atoms with Crippen LogP contribution in [0, 0.1) is 0 Å². The van der Waals surface area contributed by atoms with Gasteiger partial charge in [0.15, 0.2) is 12.4 Å². The van der Waals surface area contributed by atoms with Crippen molar-refractivity contribution in [2.75, 3.05) is 20.3 Å². The lowest BCUT2D eigenvalue weighted by molar-refractivity contribution is -0.287. The minimum absolute atomic E-state index is 0.0943. The molecule has 0 unspecified atom stereocenters. The van der Waals surface area contributed by atoms with Gasteiger partial charge < -0.3 is 55.3 Å². The minimum atomic E-state index is -2.01. The average Bonchev–Trinajstić information content (AvgIpc) is 3.14. The summed E-state index contributed by atoms with van der Waals surface area (Å²) in [6.07, 6.45) is -10.6. The molecule has 2 aliphatic heterocycles. The first-order valence-electron chi connectivity index (χ1n) is 8.14. The highest BCUT2D eigenvalue weighted by atomic mass is 16.7. The molecule has 10 atom stereocenters. The first-order chi connectivity index (χ1) is 12.2. The van der Waals surface area contributed by atoms with E-state index in [1.165, 1.54) is 7.11 Å². The zero-order chi connectivity index (χ0) is 19.2. The van der Waals surface area contributed by atoms with Crippen molar-refractivity contribution in [2.45, 2.75) is 60.7 Å². The summed E-state index contributed by atoms with van der Waals surface area (Å²) in [6.45, 7) is -0.997. The summed E-state index contributed by atoms with van der Waals surface area (Å²) >= 11 is 0. The second-order valence-electron chi connectivity index (χ2n) is 6.69. The molecule has 8 N–H and O–H groups in total. The van der Waals surface area contributed by atoms with E-state index in [-0.39, 0.29) is 12.6 Å². The van der Waals surface area contributed by atoms with Gasteiger partial charge in [-0.2, -0.15) is 0 Å². The van der Waals surface area contributed by atoms with Crippen molar-refractivity contribution in [3.05, 3.63) is 0 Å². The molecule has 0 amide bonds. The summed E-state index contributed by atoms with van der Waals surface area (Å²) in [4.78, 5) is 4.03. The van der Waals surface area contributed by atoms with E-state index >= 15 is 0 Å². The van der Waals surface area contributed by atoms with Crippen LogP contribution in [-0.4, -0.2) is 123 Å². The van der Waals surface area contributed by atoms with Gasteiger partial charge in [0.2, 0.25) is 0 Å². The van der Waals surface area contributed by atoms with Gasteiger partial charge in [-0.1, -0.05) is 0 Å². The van der Waals surface area contributed by atoms with E-state index in [9.17, 15) is 35.7 Å². The SMILES string of the molecule is CO[C@H]1O[C@H](CN=C2N[C@H]3[C@H](O2)[C@@H](O)[C@H](O)[C@]3(O)CO)[C@@H](O)[C@H](O)[C@H]1O. The molecular weight excluding hydrogens is 356 g/mol. The molecule has 150 valence electrons. The van der Waals surface area contributed by atoms with Gasteiger partial charge in [-0.05, 0) is 0 Å². The molecule has 0 spiro atoms. The third-order valence-electron chi connectivity index (χ3n) is 5.13. The molecule has 0 bridgehead atoms. The summed E-state index contributed by atoms with van der Waals surface area (Å²) in [6, 6.07) is -1.09. The Labute approximate surface area is 148 Å². The highest BCUT2D eigenvalue weighted by Gasteiger charge is 2.63. The van der Waals surface area contributed by atoms with Crippen molar-refractivity contribution in [1.82, 2.24) is 5.32 Å². The second kappa shape index (κ2) is 7.14. The maximum Gasteiger partial charge on any atom is 0.285 e. The number of ether oxygens (including phenoxy) is 3. The molecule has 3 fully saturated rings. The predicted octanol–water partition coefficient (Wildman–Crippen LogP) is -5.39. The van der Waals surface area contributed by atoms with Gasteiger partial charge in [-0.3, -0.25) is 0 Å². The Balaban J connectivity index is 1.67. The number of methoxy groups -OCH3 is 1. The van der Waals surface area contributed by atoms with Crippen molar-refractivity contribution >= 4 is 6.02 Å². The molecule has 12 nitrogen and oxygen atoms in total. The van der Waals surface area contributed by atoms with Crippen LogP contribution in [0.2, 0.25) is 0 Å². The quantitative estimate of drug-likeness (QED) is 0.232. The molecule has 0 aromatic rings. The number of nitrogens with zero attached hydrogens (tertiary/aromatic N) is 1. The van der Waals surface area contributed by atoms with Crippen molar-refractivity contribution in [3.8, 4) is 0 Å². The Kier molecular flexibility index (Phi) is 5.40. The molecule has 0 aromatic carbocycles. The van der Waals surface area contributed by atoms with Gasteiger partial charge in [0, 0.05) is 7.11 Å². The van der Waals surface area contributed by atoms with Gasteiger partial charge in [0.05, 0.1) is 13.2 Å². The highest BCUT2D eigenvalue weighted by molar-refractivity contribution is 5.77. The smallest absolute Gasteiger partial charge is 0.285 e. The Morgan fingerprint density at radius 1 is 1.12 bits per heavy atom. The monoisotopic (exact) mass is 380 g/mol. The van der Waals surface area contributed by atoms with E-state index in [1.54, 1.807) is 0 Å². The summed E-state index contributed by atoms with van der Waals surface area (Å²) in [7, 11) is 1.27. The molecular formula is C14H24N2O10. The molecule has 0 aromatic heterocycles. The van der Waals surface area contributed by atoms with Crippen molar-refractivity contribution < 1.29 is 50.0 Å². The normalized spacial score (nSPS) is 52.6. The van der Waals surface area contributed by atoms with Crippen LogP contribution in [0.3, 0.4) is 0 Å². The number of aliphatic hydroxyl groups is 7.